The van der Waals surface area contributed by atoms with E-state index in [0.717, 1.165) is 28.4 Å². The van der Waals surface area contributed by atoms with Crippen LogP contribution in [0, 0.1) is 0 Å². The lowest BCUT2D eigenvalue weighted by atomic mass is 10.1. The number of para-hydroxylation sites is 1. The van der Waals surface area contributed by atoms with Crippen LogP contribution in [0.25, 0.3) is 0 Å². The van der Waals surface area contributed by atoms with Crippen molar-refractivity contribution < 1.29 is 18.0 Å². The van der Waals surface area contributed by atoms with Crippen LogP contribution in [0.1, 0.15) is 18.2 Å². The lowest BCUT2D eigenvalue weighted by molar-refractivity contribution is -0.141. The van der Waals surface area contributed by atoms with E-state index in [4.69, 9.17) is 0 Å². The average molecular weight is 309 g/mol. The zero-order chi connectivity index (χ0) is 15.9. The van der Waals surface area contributed by atoms with Crippen molar-refractivity contribution in [3.63, 3.8) is 0 Å². The van der Waals surface area contributed by atoms with Crippen molar-refractivity contribution in [2.24, 2.45) is 0 Å². The van der Waals surface area contributed by atoms with Gasteiger partial charge in [-0.05, 0) is 31.0 Å². The summed E-state index contributed by atoms with van der Waals surface area (Å²) >= 11 is 0. The first-order valence-electron chi connectivity index (χ1n) is 6.87. The summed E-state index contributed by atoms with van der Waals surface area (Å²) in [4.78, 5) is 14.1. The van der Waals surface area contributed by atoms with Gasteiger partial charge in [0.05, 0.1) is 0 Å². The predicted octanol–water partition coefficient (Wildman–Crippen LogP) is 2.88. The summed E-state index contributed by atoms with van der Waals surface area (Å²) in [5.74, 6) is -0.269. The second-order valence-electron chi connectivity index (χ2n) is 5.34. The Kier molecular flexibility index (Phi) is 3.42. The van der Waals surface area contributed by atoms with E-state index in [9.17, 15) is 18.0 Å². The SMILES string of the molecule is C[C@@H]1Cc2ccccc2N1C(=O)Cn1ccc(C(F)(F)F)n1. The smallest absolute Gasteiger partial charge is 0.307 e. The second-order valence-corrected chi connectivity index (χ2v) is 5.34. The fourth-order valence-electron chi connectivity index (χ4n) is 2.76. The summed E-state index contributed by atoms with van der Waals surface area (Å²) in [5, 5.41) is 3.42. The lowest BCUT2D eigenvalue weighted by Gasteiger charge is -2.22. The average Bonchev–Trinajstić information content (AvgIpc) is 3.01. The molecule has 2 heterocycles. The topological polar surface area (TPSA) is 38.1 Å². The molecule has 0 bridgehead atoms. The summed E-state index contributed by atoms with van der Waals surface area (Å²) in [7, 11) is 0. The van der Waals surface area contributed by atoms with Gasteiger partial charge in [-0.1, -0.05) is 18.2 Å². The van der Waals surface area contributed by atoms with E-state index in [1.54, 1.807) is 4.90 Å². The number of carbonyl (C=O) groups excluding carboxylic acids is 1. The highest BCUT2D eigenvalue weighted by molar-refractivity contribution is 5.96. The molecule has 1 aliphatic rings. The van der Waals surface area contributed by atoms with E-state index < -0.39 is 11.9 Å². The van der Waals surface area contributed by atoms with Crippen LogP contribution in [-0.2, 0) is 23.9 Å². The Morgan fingerprint density at radius 2 is 2.05 bits per heavy atom. The van der Waals surface area contributed by atoms with Gasteiger partial charge in [0.15, 0.2) is 5.69 Å². The molecule has 0 N–H and O–H groups in total. The van der Waals surface area contributed by atoms with Crippen molar-refractivity contribution in [2.45, 2.75) is 32.1 Å². The minimum Gasteiger partial charge on any atom is -0.307 e. The van der Waals surface area contributed by atoms with E-state index in [1.807, 2.05) is 31.2 Å². The van der Waals surface area contributed by atoms with Crippen LogP contribution in [-0.4, -0.2) is 21.7 Å². The molecule has 1 aromatic heterocycles. The standard InChI is InChI=1S/C15H14F3N3O/c1-10-8-11-4-2-3-5-12(11)21(10)14(22)9-20-7-6-13(19-20)15(16,17)18/h2-7,10H,8-9H2,1H3/t10-/m1/s1. The van der Waals surface area contributed by atoms with Crippen molar-refractivity contribution in [1.29, 1.82) is 0 Å². The first kappa shape index (κ1) is 14.6. The zero-order valence-corrected chi connectivity index (χ0v) is 11.8. The van der Waals surface area contributed by atoms with Crippen molar-refractivity contribution in [3.05, 3.63) is 47.8 Å². The maximum Gasteiger partial charge on any atom is 0.435 e. The fraction of sp³-hybridized carbons (Fsp3) is 0.333. The molecule has 0 saturated carbocycles. The Hall–Kier alpha value is -2.31. The summed E-state index contributed by atoms with van der Waals surface area (Å²) in [5.41, 5.74) is 0.901. The normalized spacial score (nSPS) is 17.6. The molecule has 0 spiro atoms. The monoisotopic (exact) mass is 309 g/mol. The molecule has 0 saturated heterocycles. The van der Waals surface area contributed by atoms with E-state index in [0.29, 0.717) is 0 Å². The molecule has 1 atom stereocenters. The molecule has 1 amide bonds. The van der Waals surface area contributed by atoms with E-state index >= 15 is 0 Å². The molecule has 1 aromatic carbocycles. The molecule has 116 valence electrons. The minimum absolute atomic E-state index is 0.0115. The number of alkyl halides is 3. The number of hydrogen-bond donors (Lipinski definition) is 0. The number of aromatic nitrogens is 2. The van der Waals surface area contributed by atoms with Gasteiger partial charge in [0.25, 0.3) is 0 Å². The van der Waals surface area contributed by atoms with Crippen LogP contribution < -0.4 is 4.90 Å². The van der Waals surface area contributed by atoms with Crippen molar-refractivity contribution >= 4 is 11.6 Å². The number of amides is 1. The van der Waals surface area contributed by atoms with E-state index in [-0.39, 0.29) is 18.5 Å². The van der Waals surface area contributed by atoms with Crippen LogP contribution in [0.3, 0.4) is 0 Å². The van der Waals surface area contributed by atoms with Crippen LogP contribution in [0.5, 0.6) is 0 Å². The largest absolute Gasteiger partial charge is 0.435 e. The number of anilines is 1. The third-order valence-electron chi connectivity index (χ3n) is 3.70. The summed E-state index contributed by atoms with van der Waals surface area (Å²) in [6, 6.07) is 8.40. The molecule has 0 aliphatic carbocycles. The van der Waals surface area contributed by atoms with Gasteiger partial charge in [0, 0.05) is 17.9 Å². The van der Waals surface area contributed by atoms with Crippen LogP contribution in [0.4, 0.5) is 18.9 Å². The Balaban J connectivity index is 1.79. The highest BCUT2D eigenvalue weighted by Gasteiger charge is 2.34. The lowest BCUT2D eigenvalue weighted by Crippen LogP contribution is -2.38. The van der Waals surface area contributed by atoms with Crippen molar-refractivity contribution in [3.8, 4) is 0 Å². The molecule has 22 heavy (non-hydrogen) atoms. The third-order valence-corrected chi connectivity index (χ3v) is 3.70. The second kappa shape index (κ2) is 5.15. The highest BCUT2D eigenvalue weighted by atomic mass is 19.4. The van der Waals surface area contributed by atoms with Crippen LogP contribution in [0.15, 0.2) is 36.5 Å². The molecule has 3 rings (SSSR count). The van der Waals surface area contributed by atoms with E-state index in [2.05, 4.69) is 5.10 Å². The first-order chi connectivity index (χ1) is 10.4. The molecule has 4 nitrogen and oxygen atoms in total. The summed E-state index contributed by atoms with van der Waals surface area (Å²) < 4.78 is 38.6. The van der Waals surface area contributed by atoms with Crippen molar-refractivity contribution in [2.75, 3.05) is 4.90 Å². The number of hydrogen-bond acceptors (Lipinski definition) is 2. The number of benzene rings is 1. The van der Waals surface area contributed by atoms with Gasteiger partial charge >= 0.3 is 6.18 Å². The van der Waals surface area contributed by atoms with Crippen molar-refractivity contribution in [1.82, 2.24) is 9.78 Å². The maximum atomic E-state index is 12.5. The van der Waals surface area contributed by atoms with Gasteiger partial charge in [-0.25, -0.2) is 0 Å². The fourth-order valence-corrected chi connectivity index (χ4v) is 2.76. The predicted molar refractivity (Wildman–Crippen MR) is 74.3 cm³/mol. The molecular formula is C15H14F3N3O. The molecule has 1 aliphatic heterocycles. The first-order valence-corrected chi connectivity index (χ1v) is 6.87. The molecular weight excluding hydrogens is 295 g/mol. The van der Waals surface area contributed by atoms with Gasteiger partial charge in [-0.3, -0.25) is 9.48 Å². The molecule has 0 unspecified atom stereocenters. The highest BCUT2D eigenvalue weighted by Crippen LogP contribution is 2.32. The quantitative estimate of drug-likeness (QED) is 0.855. The zero-order valence-electron chi connectivity index (χ0n) is 11.8. The third kappa shape index (κ3) is 2.58. The van der Waals surface area contributed by atoms with Gasteiger partial charge in [0.1, 0.15) is 6.54 Å². The Bertz CT molecular complexity index is 708. The molecule has 0 fully saturated rings. The number of halogens is 3. The van der Waals surface area contributed by atoms with Crippen LogP contribution >= 0.6 is 0 Å². The van der Waals surface area contributed by atoms with Crippen LogP contribution in [0.2, 0.25) is 0 Å². The van der Waals surface area contributed by atoms with E-state index in [1.165, 1.54) is 6.20 Å². The van der Waals surface area contributed by atoms with Gasteiger partial charge < -0.3 is 4.90 Å². The number of rotatable bonds is 2. The Morgan fingerprint density at radius 3 is 2.73 bits per heavy atom. The minimum atomic E-state index is -4.50. The Labute approximate surface area is 125 Å². The van der Waals surface area contributed by atoms with Gasteiger partial charge in [-0.2, -0.15) is 18.3 Å². The molecule has 7 heteroatoms. The molecule has 0 radical (unpaired) electrons. The number of nitrogens with zero attached hydrogens (tertiary/aromatic N) is 3. The van der Waals surface area contributed by atoms with Gasteiger partial charge in [-0.15, -0.1) is 0 Å². The Morgan fingerprint density at radius 1 is 1.32 bits per heavy atom. The number of carbonyl (C=O) groups is 1. The van der Waals surface area contributed by atoms with Gasteiger partial charge in [0.2, 0.25) is 5.91 Å². The summed E-state index contributed by atoms with van der Waals surface area (Å²) in [6.07, 6.45) is -2.58. The maximum absolute atomic E-state index is 12.5. The number of fused-ring (bicyclic) bond motifs is 1. The molecule has 2 aromatic rings. The summed E-state index contributed by atoms with van der Waals surface area (Å²) in [6.45, 7) is 1.71.